The van der Waals surface area contributed by atoms with Crippen LogP contribution < -0.4 is 29.0 Å². The highest BCUT2D eigenvalue weighted by atomic mass is 32.2. The first kappa shape index (κ1) is 45.6. The Labute approximate surface area is 372 Å². The second-order valence-corrected chi connectivity index (χ2v) is 17.1. The number of anilines is 2. The van der Waals surface area contributed by atoms with Crippen LogP contribution in [0, 0.1) is 0 Å². The highest BCUT2D eigenvalue weighted by Crippen LogP contribution is 2.40. The Morgan fingerprint density at radius 2 is 0.812 bits per heavy atom. The van der Waals surface area contributed by atoms with Crippen molar-refractivity contribution in [1.82, 2.24) is 0 Å². The summed E-state index contributed by atoms with van der Waals surface area (Å²) >= 11 is 0. The molecule has 0 saturated heterocycles. The van der Waals surface area contributed by atoms with Crippen molar-refractivity contribution < 1.29 is 44.8 Å². The average molecular weight is 893 g/mol. The van der Waals surface area contributed by atoms with E-state index in [4.69, 9.17) is 18.4 Å². The number of carbonyl (C=O) groups is 1. The zero-order valence-corrected chi connectivity index (χ0v) is 36.8. The van der Waals surface area contributed by atoms with Gasteiger partial charge >= 0.3 is 22.3 Å². The molecule has 64 heavy (non-hydrogen) atoms. The number of amides is 2. The lowest BCUT2D eigenvalue weighted by atomic mass is 9.91. The van der Waals surface area contributed by atoms with Crippen molar-refractivity contribution in [3.63, 3.8) is 0 Å². The number of alkyl halides is 3. The van der Waals surface area contributed by atoms with Gasteiger partial charge in [0.2, 0.25) is 0 Å². The zero-order valence-electron chi connectivity index (χ0n) is 36.0. The topological polar surface area (TPSA) is 112 Å². The van der Waals surface area contributed by atoms with E-state index in [9.17, 15) is 26.4 Å². The van der Waals surface area contributed by atoms with Crippen LogP contribution in [0.1, 0.15) is 90.1 Å². The van der Waals surface area contributed by atoms with Crippen LogP contribution in [0.4, 0.5) is 29.3 Å². The maximum atomic E-state index is 14.3. The number of carbonyl (C=O) groups excluding carboxylic acids is 1. The van der Waals surface area contributed by atoms with Gasteiger partial charge in [-0.1, -0.05) is 93.6 Å². The lowest BCUT2D eigenvalue weighted by Crippen LogP contribution is -2.19. The molecular formula is C51H51F3N2O7S. The Kier molecular flexibility index (Phi) is 14.5. The second-order valence-electron chi connectivity index (χ2n) is 15.6. The van der Waals surface area contributed by atoms with E-state index in [-0.39, 0.29) is 22.0 Å². The molecule has 6 aromatic rings. The third-order valence-electron chi connectivity index (χ3n) is 10.7. The number of ether oxygens (including phenoxy) is 3. The van der Waals surface area contributed by atoms with Gasteiger partial charge in [0, 0.05) is 48.2 Å². The molecule has 334 valence electrons. The van der Waals surface area contributed by atoms with Crippen molar-refractivity contribution in [2.45, 2.75) is 76.8 Å². The summed E-state index contributed by atoms with van der Waals surface area (Å²) in [5.41, 5.74) is 6.53. The summed E-state index contributed by atoms with van der Waals surface area (Å²) in [5.74, 6) is 2.50. The molecule has 1 aliphatic rings. The van der Waals surface area contributed by atoms with E-state index in [0.29, 0.717) is 56.6 Å². The summed E-state index contributed by atoms with van der Waals surface area (Å²) in [4.78, 5) is 12.6. The number of para-hydroxylation sites is 4. The minimum Gasteiger partial charge on any atom is -0.493 e. The maximum Gasteiger partial charge on any atom is 0.416 e. The smallest absolute Gasteiger partial charge is 0.416 e. The Morgan fingerprint density at radius 3 is 1.12 bits per heavy atom. The molecule has 0 fully saturated rings. The lowest BCUT2D eigenvalue weighted by molar-refractivity contribution is -0.137. The van der Waals surface area contributed by atoms with Crippen LogP contribution in [-0.4, -0.2) is 34.3 Å². The number of benzene rings is 6. The molecule has 9 nitrogen and oxygen atoms in total. The van der Waals surface area contributed by atoms with Crippen LogP contribution in [0.15, 0.2) is 126 Å². The first-order chi connectivity index (χ1) is 30.9. The molecule has 0 aromatic heterocycles. The van der Waals surface area contributed by atoms with E-state index < -0.39 is 27.9 Å². The van der Waals surface area contributed by atoms with Gasteiger partial charge < -0.3 is 29.0 Å². The molecule has 0 saturated carbocycles. The second kappa shape index (κ2) is 20.4. The number of rotatable bonds is 14. The van der Waals surface area contributed by atoms with Crippen LogP contribution in [0.2, 0.25) is 0 Å². The maximum absolute atomic E-state index is 14.3. The third kappa shape index (κ3) is 11.0. The summed E-state index contributed by atoms with van der Waals surface area (Å²) in [6.45, 7) is 7.73. The summed E-state index contributed by atoms with van der Waals surface area (Å²) in [5, 5.41) is 5.06. The van der Waals surface area contributed by atoms with Crippen LogP contribution in [0.5, 0.6) is 23.0 Å². The average Bonchev–Trinajstić information content (AvgIpc) is 3.26. The number of hydrogen-bond donors (Lipinski definition) is 2. The molecule has 0 aliphatic heterocycles. The zero-order chi connectivity index (χ0) is 45.3. The van der Waals surface area contributed by atoms with Crippen molar-refractivity contribution in [3.05, 3.63) is 171 Å². The van der Waals surface area contributed by atoms with Gasteiger partial charge in [0.05, 0.1) is 25.4 Å². The van der Waals surface area contributed by atoms with Gasteiger partial charge in [-0.3, -0.25) is 0 Å². The van der Waals surface area contributed by atoms with Crippen molar-refractivity contribution in [1.29, 1.82) is 0 Å². The van der Waals surface area contributed by atoms with Crippen molar-refractivity contribution in [2.24, 2.45) is 0 Å². The highest BCUT2D eigenvalue weighted by molar-refractivity contribution is 7.87. The van der Waals surface area contributed by atoms with E-state index in [2.05, 4.69) is 61.7 Å². The Balaban J connectivity index is 1.26. The summed E-state index contributed by atoms with van der Waals surface area (Å²) < 4.78 is 93.3. The predicted molar refractivity (Wildman–Crippen MR) is 243 cm³/mol. The van der Waals surface area contributed by atoms with E-state index in [1.165, 1.54) is 24.3 Å². The van der Waals surface area contributed by atoms with E-state index in [0.717, 1.165) is 94.2 Å². The molecule has 2 N–H and O–H groups in total. The van der Waals surface area contributed by atoms with Gasteiger partial charge in [-0.2, -0.15) is 21.6 Å². The first-order valence-corrected chi connectivity index (χ1v) is 22.9. The van der Waals surface area contributed by atoms with Crippen LogP contribution in [0.3, 0.4) is 0 Å². The number of fused-ring (bicyclic) bond motifs is 8. The Hall–Kier alpha value is -6.47. The van der Waals surface area contributed by atoms with Crippen LogP contribution in [-0.2, 0) is 42.0 Å². The molecule has 0 radical (unpaired) electrons. The summed E-state index contributed by atoms with van der Waals surface area (Å²) in [6, 6.07) is 32.7. The van der Waals surface area contributed by atoms with E-state index in [1.807, 2.05) is 42.5 Å². The van der Waals surface area contributed by atoms with Gasteiger partial charge in [0.25, 0.3) is 0 Å². The van der Waals surface area contributed by atoms with Crippen LogP contribution >= 0.6 is 0 Å². The third-order valence-corrected chi connectivity index (χ3v) is 11.9. The molecule has 0 spiro atoms. The Morgan fingerprint density at radius 1 is 0.500 bits per heavy atom. The molecule has 0 atom stereocenters. The number of urea groups is 1. The molecule has 8 bridgehead atoms. The predicted octanol–water partition coefficient (Wildman–Crippen LogP) is 12.2. The first-order valence-electron chi connectivity index (χ1n) is 21.5. The van der Waals surface area contributed by atoms with E-state index >= 15 is 0 Å². The summed E-state index contributed by atoms with van der Waals surface area (Å²) in [7, 11) is -4.46. The SMILES string of the molecule is CCCOc1c2cccc1Cc1cccc(c1OCCC)Cc1cccc(c1OS(=O)(=O)c1ccc(NC(=O)Nc3ccc(C(F)(F)F)cc3)cc1)Cc1cccc(c1OCCC)C2. The summed E-state index contributed by atoms with van der Waals surface area (Å²) in [6.07, 6.45) is -0.423. The molecular weight excluding hydrogens is 842 g/mol. The number of hydrogen-bond acceptors (Lipinski definition) is 7. The number of halogens is 3. The molecule has 0 heterocycles. The minimum absolute atomic E-state index is 0.142. The van der Waals surface area contributed by atoms with Crippen molar-refractivity contribution in [2.75, 3.05) is 30.5 Å². The van der Waals surface area contributed by atoms with Crippen molar-refractivity contribution >= 4 is 27.5 Å². The fraction of sp³-hybridized carbons (Fsp3) is 0.275. The molecule has 13 heteroatoms. The van der Waals surface area contributed by atoms with Crippen molar-refractivity contribution in [3.8, 4) is 23.0 Å². The van der Waals surface area contributed by atoms with Gasteiger partial charge in [0.15, 0.2) is 0 Å². The normalized spacial score (nSPS) is 12.5. The molecule has 1 aliphatic carbocycles. The monoisotopic (exact) mass is 892 g/mol. The minimum atomic E-state index is -4.51. The quantitative estimate of drug-likeness (QED) is 0.105. The molecule has 7 rings (SSSR count). The van der Waals surface area contributed by atoms with Gasteiger partial charge in [0.1, 0.15) is 27.9 Å². The Bertz CT molecular complexity index is 2590. The largest absolute Gasteiger partial charge is 0.493 e. The van der Waals surface area contributed by atoms with Gasteiger partial charge in [-0.05, 0) is 101 Å². The van der Waals surface area contributed by atoms with Gasteiger partial charge in [-0.25, -0.2) is 4.79 Å². The standard InChI is InChI=1S/C51H51F3N2O7S/c1-4-27-60-46-34-11-7-12-35(46)31-37-14-9-16-39(48(37)62-29-6-3)33-41-18-10-17-40(32-38-15-8-13-36(30-34)47(38)61-28-5-2)49(41)63-64(58,59)45-25-23-44(24-26-45)56-50(57)55-43-21-19-42(20-22-43)51(52,53)54/h7-26H,4-6,27-33H2,1-3H3,(H2,55,56,57). The fourth-order valence-corrected chi connectivity index (χ4v) is 8.66. The van der Waals surface area contributed by atoms with Gasteiger partial charge in [-0.15, -0.1) is 0 Å². The molecule has 0 unspecified atom stereocenters. The fourth-order valence-electron chi connectivity index (χ4n) is 7.66. The highest BCUT2D eigenvalue weighted by Gasteiger charge is 2.30. The molecule has 2 amide bonds. The number of nitrogens with one attached hydrogen (secondary N) is 2. The van der Waals surface area contributed by atoms with E-state index in [1.54, 1.807) is 0 Å². The lowest BCUT2D eigenvalue weighted by Gasteiger charge is -2.22. The van der Waals surface area contributed by atoms with Crippen LogP contribution in [0.25, 0.3) is 0 Å². The molecule has 6 aromatic carbocycles.